The van der Waals surface area contributed by atoms with Crippen molar-refractivity contribution >= 4 is 22.0 Å². The highest BCUT2D eigenvalue weighted by Crippen LogP contribution is 2.37. The summed E-state index contributed by atoms with van der Waals surface area (Å²) in [5.41, 5.74) is 2.71. The van der Waals surface area contributed by atoms with Gasteiger partial charge in [-0.3, -0.25) is 0 Å². The average Bonchev–Trinajstić information content (AvgIpc) is 2.83. The lowest BCUT2D eigenvalue weighted by Crippen LogP contribution is -2.22. The molecule has 0 bridgehead atoms. The maximum Gasteiger partial charge on any atom is 0.163 e. The predicted molar refractivity (Wildman–Crippen MR) is 75.4 cm³/mol. The van der Waals surface area contributed by atoms with Gasteiger partial charge in [0.25, 0.3) is 0 Å². The normalized spacial score (nSPS) is 28.6. The molecule has 1 fully saturated rings. The van der Waals surface area contributed by atoms with Gasteiger partial charge in [0.15, 0.2) is 5.79 Å². The van der Waals surface area contributed by atoms with Gasteiger partial charge in [-0.05, 0) is 43.5 Å². The Labute approximate surface area is 116 Å². The molecule has 0 aromatic heterocycles. The van der Waals surface area contributed by atoms with Gasteiger partial charge < -0.3 is 9.47 Å². The van der Waals surface area contributed by atoms with Gasteiger partial charge in [-0.25, -0.2) is 0 Å². The highest BCUT2D eigenvalue weighted by molar-refractivity contribution is 9.10. The van der Waals surface area contributed by atoms with Gasteiger partial charge in [0, 0.05) is 10.4 Å². The summed E-state index contributed by atoms with van der Waals surface area (Å²) in [6.45, 7) is 4.65. The molecular weight excluding hydrogens is 292 g/mol. The molecular formula is C15H17BrO2. The molecule has 1 saturated heterocycles. The molecule has 1 aliphatic heterocycles. The summed E-state index contributed by atoms with van der Waals surface area (Å²) >= 11 is 3.51. The number of hydrogen-bond donors (Lipinski definition) is 0. The lowest BCUT2D eigenvalue weighted by molar-refractivity contribution is -0.139. The molecule has 1 heterocycles. The first-order chi connectivity index (χ1) is 8.53. The SMILES string of the molecule is CC1(C)OC[C@H](CC2C=Cc3cc(Br)ccc32)O1. The zero-order valence-corrected chi connectivity index (χ0v) is 12.2. The number of benzene rings is 1. The van der Waals surface area contributed by atoms with E-state index >= 15 is 0 Å². The highest BCUT2D eigenvalue weighted by atomic mass is 79.9. The van der Waals surface area contributed by atoms with Gasteiger partial charge in [0.05, 0.1) is 12.7 Å². The predicted octanol–water partition coefficient (Wildman–Crippen LogP) is 4.10. The topological polar surface area (TPSA) is 18.5 Å². The van der Waals surface area contributed by atoms with E-state index in [4.69, 9.17) is 9.47 Å². The summed E-state index contributed by atoms with van der Waals surface area (Å²) in [6, 6.07) is 6.47. The molecule has 96 valence electrons. The Kier molecular flexibility index (Phi) is 3.08. The van der Waals surface area contributed by atoms with E-state index in [-0.39, 0.29) is 6.10 Å². The van der Waals surface area contributed by atoms with Gasteiger partial charge in [-0.15, -0.1) is 0 Å². The minimum atomic E-state index is -0.421. The third-order valence-electron chi connectivity index (χ3n) is 3.54. The molecule has 1 unspecified atom stereocenters. The van der Waals surface area contributed by atoms with E-state index in [1.165, 1.54) is 11.1 Å². The molecule has 3 rings (SSSR count). The van der Waals surface area contributed by atoms with Crippen molar-refractivity contribution in [2.24, 2.45) is 0 Å². The summed E-state index contributed by atoms with van der Waals surface area (Å²) in [5, 5.41) is 0. The molecule has 2 atom stereocenters. The third kappa shape index (κ3) is 2.40. The quantitative estimate of drug-likeness (QED) is 0.819. The Hall–Kier alpha value is -0.640. The second-order valence-electron chi connectivity index (χ2n) is 5.43. The van der Waals surface area contributed by atoms with Crippen LogP contribution in [0.25, 0.3) is 6.08 Å². The van der Waals surface area contributed by atoms with Crippen LogP contribution in [-0.2, 0) is 9.47 Å². The van der Waals surface area contributed by atoms with Crippen molar-refractivity contribution < 1.29 is 9.47 Å². The second-order valence-corrected chi connectivity index (χ2v) is 6.34. The molecule has 0 spiro atoms. The Balaban J connectivity index is 1.72. The molecule has 18 heavy (non-hydrogen) atoms. The van der Waals surface area contributed by atoms with Gasteiger partial charge in [-0.1, -0.05) is 34.1 Å². The highest BCUT2D eigenvalue weighted by Gasteiger charge is 2.34. The van der Waals surface area contributed by atoms with Gasteiger partial charge in [0.2, 0.25) is 0 Å². The van der Waals surface area contributed by atoms with E-state index < -0.39 is 5.79 Å². The maximum atomic E-state index is 5.88. The zero-order chi connectivity index (χ0) is 12.8. The molecule has 0 saturated carbocycles. The van der Waals surface area contributed by atoms with E-state index in [1.54, 1.807) is 0 Å². The van der Waals surface area contributed by atoms with Crippen LogP contribution in [0, 0.1) is 0 Å². The van der Waals surface area contributed by atoms with E-state index in [9.17, 15) is 0 Å². The number of rotatable bonds is 2. The number of allylic oxidation sites excluding steroid dienone is 1. The fraction of sp³-hybridized carbons (Fsp3) is 0.467. The summed E-state index contributed by atoms with van der Waals surface area (Å²) < 4.78 is 12.6. The van der Waals surface area contributed by atoms with Crippen molar-refractivity contribution in [3.05, 3.63) is 39.9 Å². The first-order valence-corrected chi connectivity index (χ1v) is 7.12. The van der Waals surface area contributed by atoms with Crippen LogP contribution in [-0.4, -0.2) is 18.5 Å². The molecule has 0 N–H and O–H groups in total. The number of hydrogen-bond acceptors (Lipinski definition) is 2. The standard InChI is InChI=1S/C15H17BrO2/c1-15(2)17-9-13(18-15)8-11-4-3-10-7-12(16)5-6-14(10)11/h3-7,11,13H,8-9H2,1-2H3/t11?,13-/m0/s1. The molecule has 1 aliphatic carbocycles. The van der Waals surface area contributed by atoms with Crippen LogP contribution in [0.1, 0.15) is 37.3 Å². The van der Waals surface area contributed by atoms with Crippen molar-refractivity contribution in [3.63, 3.8) is 0 Å². The lowest BCUT2D eigenvalue weighted by atomic mass is 9.95. The summed E-state index contributed by atoms with van der Waals surface area (Å²) in [4.78, 5) is 0. The summed E-state index contributed by atoms with van der Waals surface area (Å²) in [6.07, 6.45) is 5.66. The molecule has 1 aromatic rings. The molecule has 1 aromatic carbocycles. The van der Waals surface area contributed by atoms with Crippen LogP contribution in [0.4, 0.5) is 0 Å². The third-order valence-corrected chi connectivity index (χ3v) is 4.03. The summed E-state index contributed by atoms with van der Waals surface area (Å²) in [7, 11) is 0. The maximum absolute atomic E-state index is 5.88. The molecule has 2 nitrogen and oxygen atoms in total. The van der Waals surface area contributed by atoms with Crippen LogP contribution >= 0.6 is 15.9 Å². The van der Waals surface area contributed by atoms with Crippen LogP contribution in [0.5, 0.6) is 0 Å². The number of fused-ring (bicyclic) bond motifs is 1. The van der Waals surface area contributed by atoms with Crippen molar-refractivity contribution in [1.82, 2.24) is 0 Å². The molecule has 3 heteroatoms. The van der Waals surface area contributed by atoms with Crippen LogP contribution in [0.15, 0.2) is 28.7 Å². The summed E-state index contributed by atoms with van der Waals surface area (Å²) in [5.74, 6) is 0.0332. The first-order valence-electron chi connectivity index (χ1n) is 6.33. The Bertz CT molecular complexity index is 493. The van der Waals surface area contributed by atoms with Crippen LogP contribution in [0.2, 0.25) is 0 Å². The Morgan fingerprint density at radius 1 is 1.39 bits per heavy atom. The van der Waals surface area contributed by atoms with Crippen molar-refractivity contribution in [2.45, 2.75) is 38.1 Å². The van der Waals surface area contributed by atoms with Crippen molar-refractivity contribution in [2.75, 3.05) is 6.61 Å². The van der Waals surface area contributed by atoms with Crippen LogP contribution in [0.3, 0.4) is 0 Å². The van der Waals surface area contributed by atoms with E-state index in [0.717, 1.165) is 10.9 Å². The minimum absolute atomic E-state index is 0.198. The Morgan fingerprint density at radius 3 is 2.94 bits per heavy atom. The van der Waals surface area contributed by atoms with Gasteiger partial charge in [-0.2, -0.15) is 0 Å². The fourth-order valence-electron chi connectivity index (χ4n) is 2.72. The zero-order valence-electron chi connectivity index (χ0n) is 10.7. The van der Waals surface area contributed by atoms with Crippen molar-refractivity contribution in [3.8, 4) is 0 Å². The fourth-order valence-corrected chi connectivity index (χ4v) is 3.10. The van der Waals surface area contributed by atoms with E-state index in [0.29, 0.717) is 12.5 Å². The second kappa shape index (κ2) is 4.48. The molecule has 0 amide bonds. The van der Waals surface area contributed by atoms with Crippen LogP contribution < -0.4 is 0 Å². The first kappa shape index (κ1) is 12.4. The lowest BCUT2D eigenvalue weighted by Gasteiger charge is -2.19. The average molecular weight is 309 g/mol. The van der Waals surface area contributed by atoms with Gasteiger partial charge >= 0.3 is 0 Å². The minimum Gasteiger partial charge on any atom is -0.348 e. The monoisotopic (exact) mass is 308 g/mol. The van der Waals surface area contributed by atoms with Gasteiger partial charge in [0.1, 0.15) is 0 Å². The van der Waals surface area contributed by atoms with E-state index in [2.05, 4.69) is 46.3 Å². The van der Waals surface area contributed by atoms with E-state index in [1.807, 2.05) is 13.8 Å². The Morgan fingerprint density at radius 2 is 2.22 bits per heavy atom. The number of halogens is 1. The number of ether oxygens (including phenoxy) is 2. The largest absolute Gasteiger partial charge is 0.348 e. The molecule has 0 radical (unpaired) electrons. The molecule has 2 aliphatic rings. The van der Waals surface area contributed by atoms with Crippen molar-refractivity contribution in [1.29, 1.82) is 0 Å². The smallest absolute Gasteiger partial charge is 0.163 e.